The lowest BCUT2D eigenvalue weighted by Gasteiger charge is -2.15. The van der Waals surface area contributed by atoms with Crippen molar-refractivity contribution in [3.8, 4) is 12.1 Å². The van der Waals surface area contributed by atoms with Crippen molar-refractivity contribution >= 4 is 22.2 Å². The zero-order valence-electron chi connectivity index (χ0n) is 12.1. The Balaban J connectivity index is 1.95. The van der Waals surface area contributed by atoms with E-state index in [9.17, 15) is 14.9 Å². The van der Waals surface area contributed by atoms with Gasteiger partial charge in [0.1, 0.15) is 11.7 Å². The number of nitrogens with zero attached hydrogens (tertiary/aromatic N) is 3. The first-order valence-electron chi connectivity index (χ1n) is 7.09. The van der Waals surface area contributed by atoms with Crippen LogP contribution < -0.4 is 0 Å². The van der Waals surface area contributed by atoms with Crippen molar-refractivity contribution in [1.29, 1.82) is 10.5 Å². The summed E-state index contributed by atoms with van der Waals surface area (Å²) in [4.78, 5) is 5.54. The third-order valence-corrected chi connectivity index (χ3v) is 4.73. The van der Waals surface area contributed by atoms with E-state index in [4.69, 9.17) is 0 Å². The number of benzene rings is 1. The lowest BCUT2D eigenvalue weighted by atomic mass is 9.88. The van der Waals surface area contributed by atoms with E-state index in [1.807, 2.05) is 29.6 Å². The van der Waals surface area contributed by atoms with Crippen molar-refractivity contribution < 1.29 is 4.39 Å². The fourth-order valence-corrected chi connectivity index (χ4v) is 3.44. The number of rotatable bonds is 4. The molecule has 2 heterocycles. The Morgan fingerprint density at radius 1 is 1.13 bits per heavy atom. The summed E-state index contributed by atoms with van der Waals surface area (Å²) in [5.41, 5.74) is 1.50. The summed E-state index contributed by atoms with van der Waals surface area (Å²) in [6.45, 7) is 0. The molecule has 0 spiro atoms. The summed E-state index contributed by atoms with van der Waals surface area (Å²) in [6, 6.07) is 16.1. The second-order valence-corrected chi connectivity index (χ2v) is 6.18. The van der Waals surface area contributed by atoms with Crippen LogP contribution in [0.5, 0.6) is 0 Å². The minimum atomic E-state index is -0.723. The van der Waals surface area contributed by atoms with Gasteiger partial charge in [-0.05, 0) is 42.1 Å². The fraction of sp³-hybridized carbons (Fsp3) is 0.167. The highest BCUT2D eigenvalue weighted by molar-refractivity contribution is 7.10. The van der Waals surface area contributed by atoms with Crippen molar-refractivity contribution in [2.24, 2.45) is 5.92 Å². The quantitative estimate of drug-likeness (QED) is 0.714. The van der Waals surface area contributed by atoms with Crippen LogP contribution >= 0.6 is 11.3 Å². The molecular weight excluding hydrogens is 309 g/mol. The zero-order chi connectivity index (χ0) is 16.2. The minimum Gasteiger partial charge on any atom is -0.253 e. The molecule has 2 aromatic heterocycles. The largest absolute Gasteiger partial charge is 0.253 e. The van der Waals surface area contributed by atoms with Crippen LogP contribution in [0.3, 0.4) is 0 Å². The first kappa shape index (κ1) is 15.1. The van der Waals surface area contributed by atoms with Crippen LogP contribution in [-0.2, 0) is 6.42 Å². The number of halogens is 1. The molecule has 3 rings (SSSR count). The number of aromatic nitrogens is 1. The number of fused-ring (bicyclic) bond motifs is 1. The molecule has 112 valence electrons. The first-order chi connectivity index (χ1) is 11.2. The maximum Gasteiger partial charge on any atom is 0.141 e. The SMILES string of the molecule is N#CC(C#N)C(Cc1ccc2cc(F)ccc2n1)c1cccs1. The lowest BCUT2D eigenvalue weighted by Crippen LogP contribution is -2.12. The molecule has 0 aliphatic rings. The topological polar surface area (TPSA) is 60.5 Å². The van der Waals surface area contributed by atoms with Crippen molar-refractivity contribution in [2.75, 3.05) is 0 Å². The van der Waals surface area contributed by atoms with Crippen molar-refractivity contribution in [2.45, 2.75) is 12.3 Å². The van der Waals surface area contributed by atoms with E-state index >= 15 is 0 Å². The number of hydrogen-bond acceptors (Lipinski definition) is 4. The first-order valence-corrected chi connectivity index (χ1v) is 7.97. The highest BCUT2D eigenvalue weighted by atomic mass is 32.1. The van der Waals surface area contributed by atoms with Gasteiger partial charge >= 0.3 is 0 Å². The molecule has 3 nitrogen and oxygen atoms in total. The number of hydrogen-bond donors (Lipinski definition) is 0. The Labute approximate surface area is 137 Å². The Bertz CT molecular complexity index is 892. The molecule has 0 radical (unpaired) electrons. The lowest BCUT2D eigenvalue weighted by molar-refractivity contribution is 0.610. The van der Waals surface area contributed by atoms with E-state index in [1.165, 1.54) is 23.5 Å². The Kier molecular flexibility index (Phi) is 4.32. The molecule has 0 aliphatic heterocycles. The molecule has 0 N–H and O–H groups in total. The molecule has 0 saturated heterocycles. The molecule has 5 heteroatoms. The van der Waals surface area contributed by atoms with E-state index in [1.54, 1.807) is 6.07 Å². The number of nitriles is 2. The maximum atomic E-state index is 13.2. The van der Waals surface area contributed by atoms with Crippen LogP contribution in [0.15, 0.2) is 47.8 Å². The van der Waals surface area contributed by atoms with Crippen LogP contribution in [0.4, 0.5) is 4.39 Å². The van der Waals surface area contributed by atoms with Gasteiger partial charge in [0.05, 0.1) is 17.7 Å². The summed E-state index contributed by atoms with van der Waals surface area (Å²) in [5, 5.41) is 21.2. The van der Waals surface area contributed by atoms with E-state index in [-0.39, 0.29) is 11.7 Å². The standard InChI is InChI=1S/C18H12FN3S/c19-14-4-6-17-12(8-14)3-5-15(22-17)9-16(13(10-20)11-21)18-2-1-7-23-18/h1-8,13,16H,9H2. The normalized spacial score (nSPS) is 12.0. The van der Waals surface area contributed by atoms with Gasteiger partial charge in [0.15, 0.2) is 0 Å². The average molecular weight is 321 g/mol. The molecule has 0 aliphatic carbocycles. The predicted molar refractivity (Wildman–Crippen MR) is 87.2 cm³/mol. The zero-order valence-corrected chi connectivity index (χ0v) is 12.9. The van der Waals surface area contributed by atoms with Gasteiger partial charge in [-0.25, -0.2) is 4.39 Å². The van der Waals surface area contributed by atoms with Crippen LogP contribution in [0, 0.1) is 34.4 Å². The summed E-state index contributed by atoms with van der Waals surface area (Å²) in [6.07, 6.45) is 0.500. The average Bonchev–Trinajstić information content (AvgIpc) is 3.09. The predicted octanol–water partition coefficient (Wildman–Crippen LogP) is 4.43. The Morgan fingerprint density at radius 2 is 1.96 bits per heavy atom. The number of pyridine rings is 1. The Hall–Kier alpha value is -2.76. The smallest absolute Gasteiger partial charge is 0.141 e. The molecule has 23 heavy (non-hydrogen) atoms. The van der Waals surface area contributed by atoms with Gasteiger partial charge < -0.3 is 0 Å². The monoisotopic (exact) mass is 321 g/mol. The van der Waals surface area contributed by atoms with Crippen LogP contribution in [0.25, 0.3) is 10.9 Å². The van der Waals surface area contributed by atoms with Gasteiger partial charge in [-0.15, -0.1) is 11.3 Å². The summed E-state index contributed by atoms with van der Waals surface area (Å²) in [5.74, 6) is -1.23. The Morgan fingerprint density at radius 3 is 2.65 bits per heavy atom. The summed E-state index contributed by atoms with van der Waals surface area (Å²) >= 11 is 1.54. The third kappa shape index (κ3) is 3.21. The molecule has 0 saturated carbocycles. The molecule has 1 unspecified atom stereocenters. The highest BCUT2D eigenvalue weighted by Crippen LogP contribution is 2.31. The highest BCUT2D eigenvalue weighted by Gasteiger charge is 2.25. The van der Waals surface area contributed by atoms with Gasteiger partial charge in [-0.2, -0.15) is 10.5 Å². The van der Waals surface area contributed by atoms with Gasteiger partial charge in [0, 0.05) is 21.9 Å². The summed E-state index contributed by atoms with van der Waals surface area (Å²) in [7, 11) is 0. The maximum absolute atomic E-state index is 13.2. The van der Waals surface area contributed by atoms with E-state index in [2.05, 4.69) is 17.1 Å². The number of thiophene rings is 1. The van der Waals surface area contributed by atoms with Crippen LogP contribution in [0.2, 0.25) is 0 Å². The molecule has 3 aromatic rings. The molecule has 1 atom stereocenters. The van der Waals surface area contributed by atoms with Crippen molar-refractivity contribution in [1.82, 2.24) is 4.98 Å². The van der Waals surface area contributed by atoms with Gasteiger partial charge in [0.2, 0.25) is 0 Å². The molecular formula is C18H12FN3S. The second-order valence-electron chi connectivity index (χ2n) is 5.20. The van der Waals surface area contributed by atoms with E-state index in [0.29, 0.717) is 11.9 Å². The fourth-order valence-electron chi connectivity index (χ4n) is 2.57. The molecule has 0 fully saturated rings. The van der Waals surface area contributed by atoms with Gasteiger partial charge in [0.25, 0.3) is 0 Å². The second kappa shape index (κ2) is 6.56. The van der Waals surface area contributed by atoms with Gasteiger partial charge in [-0.1, -0.05) is 12.1 Å². The third-order valence-electron chi connectivity index (χ3n) is 3.73. The molecule has 0 bridgehead atoms. The molecule has 0 amide bonds. The van der Waals surface area contributed by atoms with Crippen molar-refractivity contribution in [3.05, 3.63) is 64.2 Å². The van der Waals surface area contributed by atoms with Crippen LogP contribution in [-0.4, -0.2) is 4.98 Å². The van der Waals surface area contributed by atoms with Gasteiger partial charge in [-0.3, -0.25) is 4.98 Å². The van der Waals surface area contributed by atoms with Crippen LogP contribution in [0.1, 0.15) is 16.5 Å². The minimum absolute atomic E-state index is 0.213. The van der Waals surface area contributed by atoms with E-state index in [0.717, 1.165) is 16.0 Å². The molecule has 1 aromatic carbocycles. The van der Waals surface area contributed by atoms with E-state index < -0.39 is 5.92 Å². The summed E-state index contributed by atoms with van der Waals surface area (Å²) < 4.78 is 13.2. The van der Waals surface area contributed by atoms with Crippen molar-refractivity contribution in [3.63, 3.8) is 0 Å².